The van der Waals surface area contributed by atoms with Crippen molar-refractivity contribution < 1.29 is 19.4 Å². The van der Waals surface area contributed by atoms with Gasteiger partial charge in [0.25, 0.3) is 0 Å². The molecule has 0 radical (unpaired) electrons. The van der Waals surface area contributed by atoms with Gasteiger partial charge in [0.15, 0.2) is 0 Å². The molecule has 5 heteroatoms. The van der Waals surface area contributed by atoms with Crippen LogP contribution in [0, 0.1) is 0 Å². The average Bonchev–Trinajstić information content (AvgIpc) is 2.40. The van der Waals surface area contributed by atoms with Crippen molar-refractivity contribution in [2.24, 2.45) is 0 Å². The number of rotatable bonds is 7. The lowest BCUT2D eigenvalue weighted by molar-refractivity contribution is -0.138. The molecule has 0 bridgehead atoms. The predicted molar refractivity (Wildman–Crippen MR) is 71.1 cm³/mol. The molecule has 1 aromatic rings. The van der Waals surface area contributed by atoms with Crippen LogP contribution in [-0.2, 0) is 9.53 Å². The number of carboxylic acid groups (broad SMARTS) is 1. The van der Waals surface area contributed by atoms with E-state index in [1.165, 1.54) is 0 Å². The topological polar surface area (TPSA) is 75.6 Å². The number of carbonyl (C=O) groups is 2. The van der Waals surface area contributed by atoms with Crippen LogP contribution in [0.4, 0.5) is 4.79 Å². The van der Waals surface area contributed by atoms with Crippen LogP contribution in [0.15, 0.2) is 30.3 Å². The number of carboxylic acids is 1. The van der Waals surface area contributed by atoms with E-state index in [2.05, 4.69) is 5.32 Å². The van der Waals surface area contributed by atoms with Crippen molar-refractivity contribution in [3.8, 4) is 0 Å². The van der Waals surface area contributed by atoms with Crippen molar-refractivity contribution in [2.45, 2.75) is 25.7 Å². The molecule has 0 aliphatic rings. The fraction of sp³-hybridized carbons (Fsp3) is 0.429. The number of amides is 1. The summed E-state index contributed by atoms with van der Waals surface area (Å²) < 4.78 is 4.91. The first-order valence-electron chi connectivity index (χ1n) is 6.33. The number of nitrogens with one attached hydrogen (secondary N) is 1. The molecule has 0 aromatic heterocycles. The van der Waals surface area contributed by atoms with Crippen molar-refractivity contribution in [2.75, 3.05) is 13.2 Å². The van der Waals surface area contributed by atoms with Gasteiger partial charge in [-0.15, -0.1) is 0 Å². The van der Waals surface area contributed by atoms with Gasteiger partial charge in [-0.25, -0.2) is 4.79 Å². The number of alkyl carbamates (subject to hydrolysis) is 1. The van der Waals surface area contributed by atoms with E-state index in [0.717, 1.165) is 12.8 Å². The van der Waals surface area contributed by atoms with Crippen LogP contribution in [-0.4, -0.2) is 30.3 Å². The zero-order valence-corrected chi connectivity index (χ0v) is 11.0. The summed E-state index contributed by atoms with van der Waals surface area (Å²) in [7, 11) is 0. The molecule has 1 aromatic carbocycles. The third-order valence-corrected chi connectivity index (χ3v) is 2.68. The van der Waals surface area contributed by atoms with Crippen LogP contribution in [0.5, 0.6) is 0 Å². The molecule has 0 aliphatic heterocycles. The third-order valence-electron chi connectivity index (χ3n) is 2.68. The lowest BCUT2D eigenvalue weighted by atomic mass is 9.99. The summed E-state index contributed by atoms with van der Waals surface area (Å²) in [6.07, 6.45) is 1.17. The van der Waals surface area contributed by atoms with E-state index in [1.54, 1.807) is 24.3 Å². The van der Waals surface area contributed by atoms with Gasteiger partial charge in [-0.3, -0.25) is 4.79 Å². The lowest BCUT2D eigenvalue weighted by Crippen LogP contribution is -2.32. The molecule has 1 amide bonds. The fourth-order valence-corrected chi connectivity index (χ4v) is 1.58. The molecule has 19 heavy (non-hydrogen) atoms. The van der Waals surface area contributed by atoms with Crippen LogP contribution >= 0.6 is 0 Å². The summed E-state index contributed by atoms with van der Waals surface area (Å²) >= 11 is 0. The highest BCUT2D eigenvalue weighted by Crippen LogP contribution is 2.14. The lowest BCUT2D eigenvalue weighted by Gasteiger charge is -2.13. The van der Waals surface area contributed by atoms with E-state index in [0.29, 0.717) is 12.2 Å². The van der Waals surface area contributed by atoms with Crippen LogP contribution in [0.25, 0.3) is 0 Å². The van der Waals surface area contributed by atoms with E-state index in [4.69, 9.17) is 9.84 Å². The normalized spacial score (nSPS) is 11.6. The van der Waals surface area contributed by atoms with Gasteiger partial charge in [0.1, 0.15) is 0 Å². The van der Waals surface area contributed by atoms with Crippen molar-refractivity contribution in [3.05, 3.63) is 35.9 Å². The summed E-state index contributed by atoms with van der Waals surface area (Å²) in [6.45, 7) is 2.37. The fourth-order valence-electron chi connectivity index (χ4n) is 1.58. The number of hydrogen-bond acceptors (Lipinski definition) is 3. The Morgan fingerprint density at radius 2 is 2.00 bits per heavy atom. The minimum absolute atomic E-state index is 0.0182. The first-order valence-corrected chi connectivity index (χ1v) is 6.33. The number of benzene rings is 1. The molecular weight excluding hydrogens is 246 g/mol. The smallest absolute Gasteiger partial charge is 0.407 e. The van der Waals surface area contributed by atoms with Gasteiger partial charge < -0.3 is 15.2 Å². The van der Waals surface area contributed by atoms with Gasteiger partial charge in [0.2, 0.25) is 0 Å². The first kappa shape index (κ1) is 15.0. The Morgan fingerprint density at radius 1 is 1.32 bits per heavy atom. The predicted octanol–water partition coefficient (Wildman–Crippen LogP) is 2.38. The maximum atomic E-state index is 11.3. The van der Waals surface area contributed by atoms with Crippen LogP contribution in [0.2, 0.25) is 0 Å². The van der Waals surface area contributed by atoms with Crippen molar-refractivity contribution in [1.82, 2.24) is 5.32 Å². The minimum atomic E-state index is -0.972. The second-order valence-corrected chi connectivity index (χ2v) is 4.17. The van der Waals surface area contributed by atoms with Crippen molar-refractivity contribution >= 4 is 12.1 Å². The van der Waals surface area contributed by atoms with E-state index < -0.39 is 18.0 Å². The molecule has 0 spiro atoms. The summed E-state index contributed by atoms with van der Waals surface area (Å²) in [5.74, 6) is -1.74. The second-order valence-electron chi connectivity index (χ2n) is 4.17. The molecule has 0 saturated carbocycles. The number of unbranched alkanes of at least 4 members (excludes halogenated alkanes) is 1. The van der Waals surface area contributed by atoms with Gasteiger partial charge in [-0.1, -0.05) is 43.7 Å². The number of hydrogen-bond donors (Lipinski definition) is 2. The van der Waals surface area contributed by atoms with E-state index in [1.807, 2.05) is 13.0 Å². The minimum Gasteiger partial charge on any atom is -0.481 e. The highest BCUT2D eigenvalue weighted by molar-refractivity contribution is 5.77. The van der Waals surface area contributed by atoms with E-state index >= 15 is 0 Å². The number of aliphatic carboxylic acids is 1. The Balaban J connectivity index is 2.47. The van der Waals surface area contributed by atoms with Crippen molar-refractivity contribution in [3.63, 3.8) is 0 Å². The maximum absolute atomic E-state index is 11.3. The SMILES string of the molecule is CCCCOC(=O)NC[C@H](C(=O)O)c1ccccc1. The Hall–Kier alpha value is -2.04. The standard InChI is InChI=1S/C14H19NO4/c1-2-3-9-19-14(18)15-10-12(13(16)17)11-7-5-4-6-8-11/h4-8,12H,2-3,9-10H2,1H3,(H,15,18)(H,16,17)/t12-/m0/s1. The van der Waals surface area contributed by atoms with Gasteiger partial charge in [-0.05, 0) is 12.0 Å². The highest BCUT2D eigenvalue weighted by atomic mass is 16.5. The Labute approximate surface area is 112 Å². The maximum Gasteiger partial charge on any atom is 0.407 e. The molecule has 1 rings (SSSR count). The van der Waals surface area contributed by atoms with Crippen LogP contribution < -0.4 is 5.32 Å². The molecule has 5 nitrogen and oxygen atoms in total. The number of carbonyl (C=O) groups excluding carboxylic acids is 1. The molecule has 0 heterocycles. The third kappa shape index (κ3) is 5.42. The van der Waals surface area contributed by atoms with Gasteiger partial charge >= 0.3 is 12.1 Å². The monoisotopic (exact) mass is 265 g/mol. The first-order chi connectivity index (χ1) is 9.15. The molecule has 0 saturated heterocycles. The van der Waals surface area contributed by atoms with Crippen LogP contribution in [0.3, 0.4) is 0 Å². The molecule has 0 aliphatic carbocycles. The zero-order valence-electron chi connectivity index (χ0n) is 11.0. The summed E-state index contributed by atoms with van der Waals surface area (Å²) in [5.41, 5.74) is 0.656. The van der Waals surface area contributed by atoms with Gasteiger partial charge in [0, 0.05) is 6.54 Å². The number of ether oxygens (including phenoxy) is 1. The molecule has 0 unspecified atom stereocenters. The largest absolute Gasteiger partial charge is 0.481 e. The summed E-state index contributed by atoms with van der Waals surface area (Å²) in [5, 5.41) is 11.6. The Kier molecular flexibility index (Phi) is 6.43. The summed E-state index contributed by atoms with van der Waals surface area (Å²) in [4.78, 5) is 22.5. The quantitative estimate of drug-likeness (QED) is 0.742. The summed E-state index contributed by atoms with van der Waals surface area (Å²) in [6, 6.07) is 8.80. The van der Waals surface area contributed by atoms with Gasteiger partial charge in [-0.2, -0.15) is 0 Å². The van der Waals surface area contributed by atoms with E-state index in [-0.39, 0.29) is 6.54 Å². The van der Waals surface area contributed by atoms with Crippen molar-refractivity contribution in [1.29, 1.82) is 0 Å². The molecule has 104 valence electrons. The Bertz CT molecular complexity index is 405. The van der Waals surface area contributed by atoms with Crippen LogP contribution in [0.1, 0.15) is 31.2 Å². The Morgan fingerprint density at radius 3 is 2.58 bits per heavy atom. The van der Waals surface area contributed by atoms with E-state index in [9.17, 15) is 9.59 Å². The molecular formula is C14H19NO4. The molecule has 0 fully saturated rings. The van der Waals surface area contributed by atoms with Gasteiger partial charge in [0.05, 0.1) is 12.5 Å². The highest BCUT2D eigenvalue weighted by Gasteiger charge is 2.20. The zero-order chi connectivity index (χ0) is 14.1. The second kappa shape index (κ2) is 8.13. The molecule has 1 atom stereocenters. The molecule has 2 N–H and O–H groups in total. The average molecular weight is 265 g/mol.